The van der Waals surface area contributed by atoms with Crippen molar-refractivity contribution in [2.75, 3.05) is 24.6 Å². The van der Waals surface area contributed by atoms with E-state index < -0.39 is 11.7 Å². The number of hydrogen-bond acceptors (Lipinski definition) is 4. The molecule has 134 valence electrons. The average molecular weight is 346 g/mol. The number of carbonyl (C=O) groups excluding carboxylic acids is 1. The van der Waals surface area contributed by atoms with Crippen molar-refractivity contribution < 1.29 is 23.1 Å². The van der Waals surface area contributed by atoms with Crippen LogP contribution in [-0.2, 0) is 6.18 Å². The normalized spacial score (nSPS) is 17.5. The Kier molecular flexibility index (Phi) is 5.87. The summed E-state index contributed by atoms with van der Waals surface area (Å²) in [5.74, 6) is 0.500. The number of halogens is 3. The lowest BCUT2D eigenvalue weighted by Gasteiger charge is -2.33. The summed E-state index contributed by atoms with van der Waals surface area (Å²) in [7, 11) is 0. The highest BCUT2D eigenvalue weighted by Gasteiger charge is 2.31. The van der Waals surface area contributed by atoms with Crippen LogP contribution in [0.15, 0.2) is 18.3 Å². The molecule has 2 amide bonds. The molecule has 3 N–H and O–H groups in total. The first-order valence-corrected chi connectivity index (χ1v) is 7.75. The zero-order valence-corrected chi connectivity index (χ0v) is 13.3. The van der Waals surface area contributed by atoms with E-state index in [4.69, 9.17) is 5.11 Å². The Morgan fingerprint density at radius 3 is 2.58 bits per heavy atom. The highest BCUT2D eigenvalue weighted by molar-refractivity contribution is 5.74. The first kappa shape index (κ1) is 18.3. The van der Waals surface area contributed by atoms with Crippen LogP contribution in [0.1, 0.15) is 25.3 Å². The van der Waals surface area contributed by atoms with Crippen LogP contribution in [0.4, 0.5) is 23.8 Å². The molecule has 1 aromatic rings. The average Bonchev–Trinajstić information content (AvgIpc) is 2.54. The van der Waals surface area contributed by atoms with Crippen LogP contribution < -0.4 is 15.5 Å². The van der Waals surface area contributed by atoms with Crippen molar-refractivity contribution in [1.82, 2.24) is 15.6 Å². The van der Waals surface area contributed by atoms with Crippen LogP contribution in [0.2, 0.25) is 0 Å². The van der Waals surface area contributed by atoms with Gasteiger partial charge in [-0.05, 0) is 31.9 Å². The number of amides is 2. The number of rotatable bonds is 4. The molecule has 1 aliphatic heterocycles. The van der Waals surface area contributed by atoms with E-state index in [1.165, 1.54) is 6.07 Å². The molecule has 0 aliphatic carbocycles. The van der Waals surface area contributed by atoms with E-state index in [0.717, 1.165) is 12.3 Å². The zero-order valence-electron chi connectivity index (χ0n) is 13.3. The minimum absolute atomic E-state index is 0.0124. The van der Waals surface area contributed by atoms with Crippen LogP contribution in [0.25, 0.3) is 0 Å². The maximum atomic E-state index is 12.5. The topological polar surface area (TPSA) is 77.5 Å². The fraction of sp³-hybridized carbons (Fsp3) is 0.600. The quantitative estimate of drug-likeness (QED) is 0.776. The zero-order chi connectivity index (χ0) is 17.7. The van der Waals surface area contributed by atoms with Crippen LogP contribution >= 0.6 is 0 Å². The molecule has 9 heteroatoms. The van der Waals surface area contributed by atoms with Gasteiger partial charge in [-0.3, -0.25) is 0 Å². The van der Waals surface area contributed by atoms with Crippen LogP contribution in [0.5, 0.6) is 0 Å². The summed E-state index contributed by atoms with van der Waals surface area (Å²) in [6.07, 6.45) is -2.21. The molecule has 6 nitrogen and oxygen atoms in total. The minimum atomic E-state index is -4.39. The molecule has 1 saturated heterocycles. The van der Waals surface area contributed by atoms with Gasteiger partial charge in [-0.15, -0.1) is 0 Å². The van der Waals surface area contributed by atoms with Gasteiger partial charge in [0.05, 0.1) is 18.2 Å². The molecule has 1 fully saturated rings. The fourth-order valence-electron chi connectivity index (χ4n) is 2.49. The number of nitrogens with one attached hydrogen (secondary N) is 2. The summed E-state index contributed by atoms with van der Waals surface area (Å²) < 4.78 is 37.6. The number of aliphatic hydroxyl groups excluding tert-OH is 1. The molecule has 0 bridgehead atoms. The lowest BCUT2D eigenvalue weighted by atomic mass is 10.1. The van der Waals surface area contributed by atoms with Crippen molar-refractivity contribution >= 4 is 11.8 Å². The van der Waals surface area contributed by atoms with Crippen molar-refractivity contribution in [2.45, 2.75) is 38.0 Å². The fourth-order valence-corrected chi connectivity index (χ4v) is 2.49. The van der Waals surface area contributed by atoms with Gasteiger partial charge in [0.1, 0.15) is 5.82 Å². The minimum Gasteiger partial charge on any atom is -0.394 e. The van der Waals surface area contributed by atoms with E-state index in [9.17, 15) is 18.0 Å². The molecule has 0 aromatic carbocycles. The van der Waals surface area contributed by atoms with Gasteiger partial charge in [-0.1, -0.05) is 0 Å². The predicted octanol–water partition coefficient (Wildman–Crippen LogP) is 1.75. The van der Waals surface area contributed by atoms with E-state index in [0.29, 0.717) is 31.7 Å². The van der Waals surface area contributed by atoms with Gasteiger partial charge in [0, 0.05) is 25.3 Å². The molecule has 2 heterocycles. The lowest BCUT2D eigenvalue weighted by Crippen LogP contribution is -2.50. The van der Waals surface area contributed by atoms with Gasteiger partial charge in [-0.2, -0.15) is 13.2 Å². The Morgan fingerprint density at radius 1 is 1.42 bits per heavy atom. The predicted molar refractivity (Wildman–Crippen MR) is 82.7 cm³/mol. The van der Waals surface area contributed by atoms with Crippen molar-refractivity contribution in [1.29, 1.82) is 0 Å². The smallest absolute Gasteiger partial charge is 0.394 e. The Balaban J connectivity index is 1.83. The number of alkyl halides is 3. The van der Waals surface area contributed by atoms with Gasteiger partial charge < -0.3 is 20.6 Å². The molecular weight excluding hydrogens is 325 g/mol. The number of pyridine rings is 1. The SMILES string of the molecule is C[C@H](CO)NC(=O)NC1CCN(c2ccc(C(F)(F)F)cn2)CC1. The summed E-state index contributed by atoms with van der Waals surface area (Å²) in [6, 6.07) is 1.73. The molecule has 0 spiro atoms. The number of carbonyl (C=O) groups is 1. The molecule has 1 aliphatic rings. The van der Waals surface area contributed by atoms with Gasteiger partial charge in [0.15, 0.2) is 0 Å². The van der Waals surface area contributed by atoms with Crippen LogP contribution in [-0.4, -0.2) is 47.9 Å². The molecule has 2 rings (SSSR count). The molecule has 0 radical (unpaired) electrons. The number of aliphatic hydroxyl groups is 1. The maximum Gasteiger partial charge on any atom is 0.417 e. The monoisotopic (exact) mass is 346 g/mol. The molecule has 1 atom stereocenters. The van der Waals surface area contributed by atoms with E-state index in [1.807, 2.05) is 4.90 Å². The Morgan fingerprint density at radius 2 is 2.08 bits per heavy atom. The Hall–Kier alpha value is -2.03. The highest BCUT2D eigenvalue weighted by Crippen LogP contribution is 2.29. The van der Waals surface area contributed by atoms with E-state index >= 15 is 0 Å². The number of aromatic nitrogens is 1. The summed E-state index contributed by atoms with van der Waals surface area (Å²) in [5.41, 5.74) is -0.766. The van der Waals surface area contributed by atoms with Crippen molar-refractivity contribution in [2.24, 2.45) is 0 Å². The van der Waals surface area contributed by atoms with E-state index in [2.05, 4.69) is 15.6 Å². The highest BCUT2D eigenvalue weighted by atomic mass is 19.4. The second-order valence-electron chi connectivity index (χ2n) is 5.87. The first-order valence-electron chi connectivity index (χ1n) is 7.75. The van der Waals surface area contributed by atoms with Crippen molar-refractivity contribution in [3.05, 3.63) is 23.9 Å². The van der Waals surface area contributed by atoms with Crippen molar-refractivity contribution in [3.63, 3.8) is 0 Å². The number of urea groups is 1. The number of nitrogens with zero attached hydrogens (tertiary/aromatic N) is 2. The third-order valence-electron chi connectivity index (χ3n) is 3.88. The Labute approximate surface area is 138 Å². The second-order valence-corrected chi connectivity index (χ2v) is 5.87. The Bertz CT molecular complexity index is 543. The maximum absolute atomic E-state index is 12.5. The summed E-state index contributed by atoms with van der Waals surface area (Å²) in [4.78, 5) is 17.5. The number of piperidine rings is 1. The van der Waals surface area contributed by atoms with Gasteiger partial charge in [0.2, 0.25) is 0 Å². The standard InChI is InChI=1S/C15H21F3N4O2/c1-10(9-23)20-14(24)21-12-4-6-22(7-5-12)13-3-2-11(8-19-13)15(16,17)18/h2-3,8,10,12,23H,4-7,9H2,1H3,(H2,20,21,24)/t10-/m1/s1. The molecule has 0 unspecified atom stereocenters. The van der Waals surface area contributed by atoms with E-state index in [1.54, 1.807) is 6.92 Å². The first-order chi connectivity index (χ1) is 11.3. The van der Waals surface area contributed by atoms with Crippen LogP contribution in [0, 0.1) is 0 Å². The summed E-state index contributed by atoms with van der Waals surface area (Å²) in [5, 5.41) is 14.3. The number of hydrogen-bond donors (Lipinski definition) is 3. The third-order valence-corrected chi connectivity index (χ3v) is 3.88. The van der Waals surface area contributed by atoms with Gasteiger partial charge in [-0.25, -0.2) is 9.78 Å². The largest absolute Gasteiger partial charge is 0.417 e. The van der Waals surface area contributed by atoms with Gasteiger partial charge >= 0.3 is 12.2 Å². The molecular formula is C15H21F3N4O2. The molecule has 0 saturated carbocycles. The van der Waals surface area contributed by atoms with Gasteiger partial charge in [0.25, 0.3) is 0 Å². The number of anilines is 1. The van der Waals surface area contributed by atoms with Crippen molar-refractivity contribution in [3.8, 4) is 0 Å². The second kappa shape index (κ2) is 7.69. The molecule has 24 heavy (non-hydrogen) atoms. The summed E-state index contributed by atoms with van der Waals surface area (Å²) >= 11 is 0. The van der Waals surface area contributed by atoms with Crippen LogP contribution in [0.3, 0.4) is 0 Å². The molecule has 1 aromatic heterocycles. The lowest BCUT2D eigenvalue weighted by molar-refractivity contribution is -0.137. The van der Waals surface area contributed by atoms with E-state index in [-0.39, 0.29) is 24.7 Å². The summed E-state index contributed by atoms with van der Waals surface area (Å²) in [6.45, 7) is 2.75. The third kappa shape index (κ3) is 4.98.